The second kappa shape index (κ2) is 4.58. The fourth-order valence-corrected chi connectivity index (χ4v) is 1.55. The van der Waals surface area contributed by atoms with Crippen LogP contribution in [0.4, 0.5) is 0 Å². The molecule has 1 fully saturated rings. The number of amides is 1. The highest BCUT2D eigenvalue weighted by Crippen LogP contribution is 2.07. The van der Waals surface area contributed by atoms with E-state index in [4.69, 9.17) is 5.11 Å². The summed E-state index contributed by atoms with van der Waals surface area (Å²) in [6.45, 7) is 5.46. The maximum Gasteiger partial charge on any atom is 0.234 e. The predicted molar refractivity (Wildman–Crippen MR) is 50.3 cm³/mol. The lowest BCUT2D eigenvalue weighted by Crippen LogP contribution is -2.57. The summed E-state index contributed by atoms with van der Waals surface area (Å²) < 4.78 is 0. The molecule has 1 saturated heterocycles. The van der Waals surface area contributed by atoms with Crippen molar-refractivity contribution in [3.8, 4) is 0 Å². The lowest BCUT2D eigenvalue weighted by Gasteiger charge is -2.35. The quantitative estimate of drug-likeness (QED) is 0.629. The van der Waals surface area contributed by atoms with Crippen molar-refractivity contribution >= 4 is 5.91 Å². The Morgan fingerprint density at radius 3 is 3.00 bits per heavy atom. The monoisotopic (exact) mass is 186 g/mol. The molecule has 1 amide bonds. The van der Waals surface area contributed by atoms with Crippen molar-refractivity contribution in [1.82, 2.24) is 10.2 Å². The Morgan fingerprint density at radius 1 is 1.77 bits per heavy atom. The van der Waals surface area contributed by atoms with E-state index in [2.05, 4.69) is 24.1 Å². The molecule has 0 aromatic carbocycles. The second-order valence-electron chi connectivity index (χ2n) is 3.63. The van der Waals surface area contributed by atoms with Gasteiger partial charge in [0.25, 0.3) is 0 Å². The third kappa shape index (κ3) is 2.67. The first-order valence-corrected chi connectivity index (χ1v) is 4.81. The molecule has 4 nitrogen and oxygen atoms in total. The maximum absolute atomic E-state index is 11.2. The number of aliphatic hydroxyl groups excluding tert-OH is 1. The Kier molecular flexibility index (Phi) is 3.69. The Bertz CT molecular complexity index is 184. The summed E-state index contributed by atoms with van der Waals surface area (Å²) in [6.07, 6.45) is 1.03. The van der Waals surface area contributed by atoms with E-state index >= 15 is 0 Å². The van der Waals surface area contributed by atoms with Crippen molar-refractivity contribution in [1.29, 1.82) is 0 Å². The summed E-state index contributed by atoms with van der Waals surface area (Å²) in [5.74, 6) is 0.0191. The zero-order valence-corrected chi connectivity index (χ0v) is 8.29. The summed E-state index contributed by atoms with van der Waals surface area (Å²) in [4.78, 5) is 13.3. The van der Waals surface area contributed by atoms with Crippen molar-refractivity contribution < 1.29 is 9.90 Å². The number of hydrogen-bond donors (Lipinski definition) is 2. The molecule has 0 aliphatic carbocycles. The molecule has 1 aliphatic heterocycles. The van der Waals surface area contributed by atoms with E-state index in [1.54, 1.807) is 0 Å². The van der Waals surface area contributed by atoms with Crippen LogP contribution in [-0.2, 0) is 4.79 Å². The SMILES string of the molecule is CCC(C)N1CC(=O)NC(CO)C1. The van der Waals surface area contributed by atoms with Crippen molar-refractivity contribution in [2.75, 3.05) is 19.7 Å². The standard InChI is InChI=1S/C9H18N2O2/c1-3-7(2)11-4-8(6-12)10-9(13)5-11/h7-8,12H,3-6H2,1-2H3,(H,10,13). The fourth-order valence-electron chi connectivity index (χ4n) is 1.55. The lowest BCUT2D eigenvalue weighted by molar-refractivity contribution is -0.127. The molecule has 0 aromatic heterocycles. The molecule has 2 atom stereocenters. The van der Waals surface area contributed by atoms with Gasteiger partial charge in [-0.25, -0.2) is 0 Å². The number of rotatable bonds is 3. The molecular weight excluding hydrogens is 168 g/mol. The van der Waals surface area contributed by atoms with E-state index in [1.807, 2.05) is 0 Å². The molecule has 0 saturated carbocycles. The molecule has 1 heterocycles. The molecule has 0 aromatic rings. The third-order valence-electron chi connectivity index (χ3n) is 2.60. The van der Waals surface area contributed by atoms with Gasteiger partial charge in [-0.1, -0.05) is 6.92 Å². The highest BCUT2D eigenvalue weighted by molar-refractivity contribution is 5.79. The van der Waals surface area contributed by atoms with Crippen LogP contribution in [-0.4, -0.2) is 47.7 Å². The van der Waals surface area contributed by atoms with Crippen molar-refractivity contribution in [3.63, 3.8) is 0 Å². The molecule has 0 bridgehead atoms. The Labute approximate surface area is 78.9 Å². The first-order valence-electron chi connectivity index (χ1n) is 4.81. The van der Waals surface area contributed by atoms with E-state index in [0.29, 0.717) is 12.6 Å². The Balaban J connectivity index is 2.51. The van der Waals surface area contributed by atoms with Crippen LogP contribution >= 0.6 is 0 Å². The second-order valence-corrected chi connectivity index (χ2v) is 3.63. The van der Waals surface area contributed by atoms with Crippen LogP contribution < -0.4 is 5.32 Å². The van der Waals surface area contributed by atoms with Crippen molar-refractivity contribution in [2.24, 2.45) is 0 Å². The number of carbonyl (C=O) groups excluding carboxylic acids is 1. The minimum Gasteiger partial charge on any atom is -0.394 e. The lowest BCUT2D eigenvalue weighted by atomic mass is 10.1. The first-order chi connectivity index (χ1) is 6.17. The van der Waals surface area contributed by atoms with Gasteiger partial charge in [-0.2, -0.15) is 0 Å². The van der Waals surface area contributed by atoms with E-state index in [0.717, 1.165) is 13.0 Å². The largest absolute Gasteiger partial charge is 0.394 e. The van der Waals surface area contributed by atoms with Crippen LogP contribution in [0.25, 0.3) is 0 Å². The van der Waals surface area contributed by atoms with E-state index in [9.17, 15) is 4.79 Å². The van der Waals surface area contributed by atoms with Crippen molar-refractivity contribution in [3.05, 3.63) is 0 Å². The topological polar surface area (TPSA) is 52.6 Å². The highest BCUT2D eigenvalue weighted by atomic mass is 16.3. The van der Waals surface area contributed by atoms with E-state index in [1.165, 1.54) is 0 Å². The number of piperazine rings is 1. The summed E-state index contributed by atoms with van der Waals surface area (Å²) in [6, 6.07) is 0.329. The number of carbonyl (C=O) groups is 1. The number of aliphatic hydroxyl groups is 1. The van der Waals surface area contributed by atoms with Crippen LogP contribution in [0.3, 0.4) is 0 Å². The van der Waals surface area contributed by atoms with Crippen molar-refractivity contribution in [2.45, 2.75) is 32.4 Å². The molecule has 0 radical (unpaired) electrons. The van der Waals surface area contributed by atoms with Gasteiger partial charge in [-0.05, 0) is 13.3 Å². The zero-order valence-electron chi connectivity index (χ0n) is 8.29. The molecule has 4 heteroatoms. The van der Waals surface area contributed by atoms with Gasteiger partial charge >= 0.3 is 0 Å². The Morgan fingerprint density at radius 2 is 2.46 bits per heavy atom. The zero-order chi connectivity index (χ0) is 9.84. The summed E-state index contributed by atoms with van der Waals surface area (Å²) >= 11 is 0. The van der Waals surface area contributed by atoms with E-state index in [-0.39, 0.29) is 18.6 Å². The first kappa shape index (κ1) is 10.5. The van der Waals surface area contributed by atoms with E-state index < -0.39 is 0 Å². The normalized spacial score (nSPS) is 27.0. The fraction of sp³-hybridized carbons (Fsp3) is 0.889. The molecule has 2 unspecified atom stereocenters. The van der Waals surface area contributed by atoms with Crippen LogP contribution in [0.5, 0.6) is 0 Å². The molecule has 1 rings (SSSR count). The average Bonchev–Trinajstić information content (AvgIpc) is 2.15. The Hall–Kier alpha value is -0.610. The highest BCUT2D eigenvalue weighted by Gasteiger charge is 2.26. The maximum atomic E-state index is 11.2. The predicted octanol–water partition coefficient (Wildman–Crippen LogP) is -0.422. The van der Waals surface area contributed by atoms with Crippen LogP contribution in [0.1, 0.15) is 20.3 Å². The number of nitrogens with zero attached hydrogens (tertiary/aromatic N) is 1. The van der Waals surface area contributed by atoms with Crippen LogP contribution in [0.15, 0.2) is 0 Å². The van der Waals surface area contributed by atoms with Gasteiger partial charge in [-0.15, -0.1) is 0 Å². The summed E-state index contributed by atoms with van der Waals surface area (Å²) in [5.41, 5.74) is 0. The van der Waals surface area contributed by atoms with Gasteiger partial charge in [0.15, 0.2) is 0 Å². The average molecular weight is 186 g/mol. The van der Waals surface area contributed by atoms with Gasteiger partial charge in [0.1, 0.15) is 0 Å². The smallest absolute Gasteiger partial charge is 0.234 e. The number of nitrogens with one attached hydrogen (secondary N) is 1. The third-order valence-corrected chi connectivity index (χ3v) is 2.60. The van der Waals surface area contributed by atoms with Gasteiger partial charge < -0.3 is 10.4 Å². The van der Waals surface area contributed by atoms with Gasteiger partial charge in [-0.3, -0.25) is 9.69 Å². The molecule has 2 N–H and O–H groups in total. The molecule has 1 aliphatic rings. The molecule has 76 valence electrons. The molecular formula is C9H18N2O2. The van der Waals surface area contributed by atoms with Gasteiger partial charge in [0.2, 0.25) is 5.91 Å². The van der Waals surface area contributed by atoms with Gasteiger partial charge in [0.05, 0.1) is 19.2 Å². The van der Waals surface area contributed by atoms with Gasteiger partial charge in [0, 0.05) is 12.6 Å². The molecule has 13 heavy (non-hydrogen) atoms. The molecule has 0 spiro atoms. The van der Waals surface area contributed by atoms with Crippen LogP contribution in [0, 0.1) is 0 Å². The minimum absolute atomic E-state index is 0.0191. The minimum atomic E-state index is -0.0877. The van der Waals surface area contributed by atoms with Crippen LogP contribution in [0.2, 0.25) is 0 Å². The number of hydrogen-bond acceptors (Lipinski definition) is 3. The summed E-state index contributed by atoms with van der Waals surface area (Å²) in [7, 11) is 0. The summed E-state index contributed by atoms with van der Waals surface area (Å²) in [5, 5.41) is 11.7.